The first-order valence-electron chi connectivity index (χ1n) is 7.45. The van der Waals surface area contributed by atoms with Crippen molar-refractivity contribution in [3.8, 4) is 0 Å². The summed E-state index contributed by atoms with van der Waals surface area (Å²) in [6.07, 6.45) is 1.62. The zero-order valence-electron chi connectivity index (χ0n) is 12.8. The number of nitrogens with one attached hydrogen (secondary N) is 1. The van der Waals surface area contributed by atoms with Gasteiger partial charge in [0.15, 0.2) is 5.82 Å². The Morgan fingerprint density at radius 1 is 1.29 bits per heavy atom. The molecule has 2 atom stereocenters. The summed E-state index contributed by atoms with van der Waals surface area (Å²) >= 11 is 6.16. The van der Waals surface area contributed by atoms with Crippen molar-refractivity contribution in [1.82, 2.24) is 15.5 Å². The summed E-state index contributed by atoms with van der Waals surface area (Å²) in [7, 11) is 0. The highest BCUT2D eigenvalue weighted by atomic mass is 35.5. The first-order chi connectivity index (χ1) is 10.2. The normalized spacial score (nSPS) is 14.1. The van der Waals surface area contributed by atoms with Crippen LogP contribution in [0.1, 0.15) is 50.4 Å². The lowest BCUT2D eigenvalue weighted by atomic mass is 9.99. The van der Waals surface area contributed by atoms with E-state index in [4.69, 9.17) is 16.1 Å². The molecular formula is C16H22ClN3O. The summed E-state index contributed by atoms with van der Waals surface area (Å²) in [6.45, 7) is 7.31. The van der Waals surface area contributed by atoms with Crippen molar-refractivity contribution >= 4 is 11.6 Å². The molecule has 0 aliphatic heterocycles. The third-order valence-corrected chi connectivity index (χ3v) is 4.06. The van der Waals surface area contributed by atoms with Crippen molar-refractivity contribution in [3.05, 3.63) is 46.6 Å². The van der Waals surface area contributed by atoms with Gasteiger partial charge in [0.2, 0.25) is 5.89 Å². The largest absolute Gasteiger partial charge is 0.339 e. The fourth-order valence-electron chi connectivity index (χ4n) is 2.45. The molecule has 0 saturated heterocycles. The number of hydrogen-bond acceptors (Lipinski definition) is 4. The standard InChI is InChI=1S/C16H22ClN3O/c1-4-14(18-5-2)11(3)16-19-15(20-21-16)10-12-8-6-7-9-13(12)17/h6-9,11,14,18H,4-5,10H2,1-3H3. The molecule has 0 aliphatic carbocycles. The minimum atomic E-state index is 0.197. The molecular weight excluding hydrogens is 286 g/mol. The summed E-state index contributed by atoms with van der Waals surface area (Å²) in [5, 5.41) is 8.26. The van der Waals surface area contributed by atoms with Gasteiger partial charge in [-0.15, -0.1) is 0 Å². The highest BCUT2D eigenvalue weighted by Gasteiger charge is 2.22. The minimum absolute atomic E-state index is 0.197. The molecule has 0 bridgehead atoms. The monoisotopic (exact) mass is 307 g/mol. The average Bonchev–Trinajstić information content (AvgIpc) is 2.95. The highest BCUT2D eigenvalue weighted by molar-refractivity contribution is 6.31. The Morgan fingerprint density at radius 2 is 2.05 bits per heavy atom. The van der Waals surface area contributed by atoms with Gasteiger partial charge in [0.25, 0.3) is 0 Å². The van der Waals surface area contributed by atoms with Gasteiger partial charge in [0, 0.05) is 17.5 Å². The maximum Gasteiger partial charge on any atom is 0.231 e. The Labute approximate surface area is 130 Å². The van der Waals surface area contributed by atoms with E-state index in [1.165, 1.54) is 0 Å². The molecule has 5 heteroatoms. The minimum Gasteiger partial charge on any atom is -0.339 e. The van der Waals surface area contributed by atoms with Gasteiger partial charge in [-0.05, 0) is 24.6 Å². The highest BCUT2D eigenvalue weighted by Crippen LogP contribution is 2.22. The first-order valence-corrected chi connectivity index (χ1v) is 7.82. The smallest absolute Gasteiger partial charge is 0.231 e. The lowest BCUT2D eigenvalue weighted by Gasteiger charge is -2.20. The van der Waals surface area contributed by atoms with Gasteiger partial charge in [0.1, 0.15) is 0 Å². The van der Waals surface area contributed by atoms with Crippen LogP contribution < -0.4 is 5.32 Å². The Balaban J connectivity index is 2.09. The van der Waals surface area contributed by atoms with Crippen molar-refractivity contribution in [2.45, 2.75) is 45.6 Å². The number of aromatic nitrogens is 2. The van der Waals surface area contributed by atoms with Gasteiger partial charge in [-0.2, -0.15) is 4.98 Å². The maximum absolute atomic E-state index is 6.16. The van der Waals surface area contributed by atoms with Crippen LogP contribution in [0.15, 0.2) is 28.8 Å². The Bertz CT molecular complexity index is 570. The lowest BCUT2D eigenvalue weighted by Crippen LogP contribution is -2.33. The van der Waals surface area contributed by atoms with Gasteiger partial charge >= 0.3 is 0 Å². The topological polar surface area (TPSA) is 51.0 Å². The van der Waals surface area contributed by atoms with Crippen LogP contribution in [0.2, 0.25) is 5.02 Å². The lowest BCUT2D eigenvalue weighted by molar-refractivity contribution is 0.319. The molecule has 1 aromatic heterocycles. The van der Waals surface area contributed by atoms with E-state index in [-0.39, 0.29) is 5.92 Å². The number of nitrogens with zero attached hydrogens (tertiary/aromatic N) is 2. The van der Waals surface area contributed by atoms with Crippen LogP contribution in [0.4, 0.5) is 0 Å². The van der Waals surface area contributed by atoms with E-state index in [0.29, 0.717) is 24.2 Å². The second-order valence-corrected chi connectivity index (χ2v) is 5.59. The van der Waals surface area contributed by atoms with Crippen molar-refractivity contribution in [2.75, 3.05) is 6.54 Å². The van der Waals surface area contributed by atoms with Gasteiger partial charge in [-0.3, -0.25) is 0 Å². The third kappa shape index (κ3) is 4.05. The quantitative estimate of drug-likeness (QED) is 0.845. The maximum atomic E-state index is 6.16. The molecule has 0 radical (unpaired) electrons. The van der Waals surface area contributed by atoms with E-state index in [1.807, 2.05) is 24.3 Å². The molecule has 0 aliphatic rings. The number of benzene rings is 1. The first kappa shape index (κ1) is 16.0. The van der Waals surface area contributed by atoms with Crippen LogP contribution in [-0.2, 0) is 6.42 Å². The number of hydrogen-bond donors (Lipinski definition) is 1. The molecule has 114 valence electrons. The molecule has 4 nitrogen and oxygen atoms in total. The Morgan fingerprint density at radius 3 is 2.71 bits per heavy atom. The molecule has 2 aromatic rings. The molecule has 0 fully saturated rings. The van der Waals surface area contributed by atoms with E-state index < -0.39 is 0 Å². The molecule has 0 amide bonds. The summed E-state index contributed by atoms with van der Waals surface area (Å²) in [4.78, 5) is 4.52. The Hall–Kier alpha value is -1.39. The SMILES string of the molecule is CCNC(CC)C(C)c1nc(Cc2ccccc2Cl)no1. The molecule has 21 heavy (non-hydrogen) atoms. The van der Waals surface area contributed by atoms with Crippen molar-refractivity contribution < 1.29 is 4.52 Å². The van der Waals surface area contributed by atoms with Crippen LogP contribution in [0.3, 0.4) is 0 Å². The zero-order chi connectivity index (χ0) is 15.2. The van der Waals surface area contributed by atoms with Crippen LogP contribution in [0.25, 0.3) is 0 Å². The van der Waals surface area contributed by atoms with Crippen LogP contribution in [0.5, 0.6) is 0 Å². The van der Waals surface area contributed by atoms with E-state index in [9.17, 15) is 0 Å². The van der Waals surface area contributed by atoms with Crippen molar-refractivity contribution in [3.63, 3.8) is 0 Å². The average molecular weight is 308 g/mol. The fraction of sp³-hybridized carbons (Fsp3) is 0.500. The molecule has 1 aromatic carbocycles. The third-order valence-electron chi connectivity index (χ3n) is 3.69. The van der Waals surface area contributed by atoms with E-state index >= 15 is 0 Å². The predicted octanol–water partition coefficient (Wildman–Crippen LogP) is 3.81. The zero-order valence-corrected chi connectivity index (χ0v) is 13.5. The van der Waals surface area contributed by atoms with E-state index in [1.54, 1.807) is 0 Å². The summed E-state index contributed by atoms with van der Waals surface area (Å²) in [5.41, 5.74) is 1.01. The summed E-state index contributed by atoms with van der Waals surface area (Å²) < 4.78 is 5.42. The van der Waals surface area contributed by atoms with Gasteiger partial charge in [-0.1, -0.05) is 55.7 Å². The Kier molecular flexibility index (Phi) is 5.76. The number of likely N-dealkylation sites (N-methyl/N-ethyl adjacent to an activating group) is 1. The summed E-state index contributed by atoms with van der Waals surface area (Å²) in [6, 6.07) is 8.08. The molecule has 1 N–H and O–H groups in total. The second-order valence-electron chi connectivity index (χ2n) is 5.18. The van der Waals surface area contributed by atoms with Gasteiger partial charge < -0.3 is 9.84 Å². The molecule has 2 rings (SSSR count). The predicted molar refractivity (Wildman–Crippen MR) is 84.7 cm³/mol. The molecule has 0 saturated carbocycles. The summed E-state index contributed by atoms with van der Waals surface area (Å²) in [5.74, 6) is 1.56. The van der Waals surface area contributed by atoms with Crippen molar-refractivity contribution in [1.29, 1.82) is 0 Å². The molecule has 1 heterocycles. The number of halogens is 1. The van der Waals surface area contributed by atoms with Crippen LogP contribution in [0, 0.1) is 0 Å². The van der Waals surface area contributed by atoms with Gasteiger partial charge in [0.05, 0.1) is 5.92 Å². The van der Waals surface area contributed by atoms with E-state index in [2.05, 4.69) is 36.2 Å². The number of rotatable bonds is 7. The fourth-order valence-corrected chi connectivity index (χ4v) is 2.65. The molecule has 0 spiro atoms. The van der Waals surface area contributed by atoms with Crippen molar-refractivity contribution in [2.24, 2.45) is 0 Å². The molecule has 2 unspecified atom stereocenters. The van der Waals surface area contributed by atoms with Gasteiger partial charge in [-0.25, -0.2) is 0 Å². The van der Waals surface area contributed by atoms with Crippen LogP contribution in [-0.4, -0.2) is 22.7 Å². The van der Waals surface area contributed by atoms with Crippen LogP contribution >= 0.6 is 11.6 Å². The second kappa shape index (κ2) is 7.57. The van der Waals surface area contributed by atoms with E-state index in [0.717, 1.165) is 23.6 Å².